The molecule has 1 aromatic heterocycles. The number of piperidine rings is 1. The number of aliphatic hydroxyl groups excluding tert-OH is 1. The van der Waals surface area contributed by atoms with Gasteiger partial charge in [-0.15, -0.1) is 0 Å². The van der Waals surface area contributed by atoms with E-state index in [4.69, 9.17) is 9.26 Å². The van der Waals surface area contributed by atoms with Crippen LogP contribution in [-0.2, 0) is 17.7 Å². The Balaban J connectivity index is 1.50. The van der Waals surface area contributed by atoms with Crippen molar-refractivity contribution in [3.05, 3.63) is 11.7 Å². The van der Waals surface area contributed by atoms with Crippen LogP contribution in [0.25, 0.3) is 0 Å². The zero-order valence-electron chi connectivity index (χ0n) is 14.3. The molecule has 2 unspecified atom stereocenters. The number of nitrogens with zero attached hydrogens (tertiary/aromatic N) is 3. The topological polar surface area (TPSA) is 71.6 Å². The molecule has 130 valence electrons. The minimum Gasteiger partial charge on any atom is -0.392 e. The Morgan fingerprint density at radius 2 is 2.13 bits per heavy atom. The summed E-state index contributed by atoms with van der Waals surface area (Å²) in [5, 5.41) is 14.3. The van der Waals surface area contributed by atoms with Crippen LogP contribution in [-0.4, -0.2) is 52.1 Å². The molecule has 6 heteroatoms. The van der Waals surface area contributed by atoms with Gasteiger partial charge in [-0.2, -0.15) is 4.98 Å². The van der Waals surface area contributed by atoms with Gasteiger partial charge in [0.05, 0.1) is 18.8 Å². The third-order valence-corrected chi connectivity index (χ3v) is 5.52. The fourth-order valence-corrected chi connectivity index (χ4v) is 3.93. The van der Waals surface area contributed by atoms with Gasteiger partial charge < -0.3 is 14.4 Å². The Morgan fingerprint density at radius 1 is 1.35 bits per heavy atom. The number of ether oxygens (including phenoxy) is 1. The number of hydrogen-bond donors (Lipinski definition) is 1. The number of likely N-dealkylation sites (tertiary alicyclic amines) is 1. The predicted octanol–water partition coefficient (Wildman–Crippen LogP) is 2.16. The molecular formula is C17H29N3O3. The van der Waals surface area contributed by atoms with Crippen molar-refractivity contribution in [1.29, 1.82) is 0 Å². The van der Waals surface area contributed by atoms with E-state index >= 15 is 0 Å². The highest BCUT2D eigenvalue weighted by Gasteiger charge is 2.55. The smallest absolute Gasteiger partial charge is 0.226 e. The van der Waals surface area contributed by atoms with Crippen molar-refractivity contribution in [2.45, 2.75) is 71.1 Å². The molecule has 23 heavy (non-hydrogen) atoms. The van der Waals surface area contributed by atoms with Crippen LogP contribution in [0.3, 0.4) is 0 Å². The maximum absolute atomic E-state index is 10.2. The van der Waals surface area contributed by atoms with Crippen molar-refractivity contribution in [3.63, 3.8) is 0 Å². The molecule has 2 atom stereocenters. The Hall–Kier alpha value is -0.980. The second-order valence-corrected chi connectivity index (χ2v) is 6.91. The molecule has 0 amide bonds. The van der Waals surface area contributed by atoms with Gasteiger partial charge in [0.15, 0.2) is 5.82 Å². The Kier molecular flexibility index (Phi) is 5.34. The highest BCUT2D eigenvalue weighted by atomic mass is 16.5. The van der Waals surface area contributed by atoms with Gasteiger partial charge in [-0.3, -0.25) is 4.90 Å². The number of aryl methyl sites for hydroxylation is 1. The number of hydrogen-bond acceptors (Lipinski definition) is 6. The molecule has 1 saturated carbocycles. The third kappa shape index (κ3) is 3.44. The van der Waals surface area contributed by atoms with Crippen molar-refractivity contribution >= 4 is 0 Å². The van der Waals surface area contributed by atoms with Crippen LogP contribution < -0.4 is 0 Å². The predicted molar refractivity (Wildman–Crippen MR) is 85.9 cm³/mol. The van der Waals surface area contributed by atoms with Gasteiger partial charge in [0.2, 0.25) is 5.89 Å². The zero-order chi connectivity index (χ0) is 16.3. The zero-order valence-corrected chi connectivity index (χ0v) is 14.3. The van der Waals surface area contributed by atoms with E-state index in [0.29, 0.717) is 0 Å². The molecule has 1 spiro atoms. The standard InChI is InChI=1S/C17H29N3O3/c1-3-5-6-16-18-15(19-23-16)12-20-9-7-17(8-10-20)13(21)11-14(17)22-4-2/h13-14,21H,3-12H2,1-2H3. The van der Waals surface area contributed by atoms with E-state index in [0.717, 1.165) is 76.5 Å². The summed E-state index contributed by atoms with van der Waals surface area (Å²) in [6.07, 6.45) is 5.88. The summed E-state index contributed by atoms with van der Waals surface area (Å²) in [5.74, 6) is 1.53. The summed E-state index contributed by atoms with van der Waals surface area (Å²) in [4.78, 5) is 6.83. The first-order valence-electron chi connectivity index (χ1n) is 9.01. The molecular weight excluding hydrogens is 294 g/mol. The molecule has 2 fully saturated rings. The normalized spacial score (nSPS) is 27.3. The number of rotatable bonds is 7. The van der Waals surface area contributed by atoms with E-state index in [2.05, 4.69) is 22.0 Å². The summed E-state index contributed by atoms with van der Waals surface area (Å²) in [6, 6.07) is 0. The summed E-state index contributed by atoms with van der Waals surface area (Å²) < 4.78 is 11.1. The lowest BCUT2D eigenvalue weighted by Crippen LogP contribution is -2.62. The molecule has 1 aliphatic carbocycles. The Morgan fingerprint density at radius 3 is 2.78 bits per heavy atom. The minimum absolute atomic E-state index is 0.0178. The number of unbranched alkanes of at least 4 members (excludes halogenated alkanes) is 1. The van der Waals surface area contributed by atoms with Crippen LogP contribution in [0.15, 0.2) is 4.52 Å². The lowest BCUT2D eigenvalue weighted by molar-refractivity contribution is -0.210. The van der Waals surface area contributed by atoms with Gasteiger partial charge >= 0.3 is 0 Å². The summed E-state index contributed by atoms with van der Waals surface area (Å²) in [7, 11) is 0. The molecule has 1 saturated heterocycles. The molecule has 2 heterocycles. The highest BCUT2D eigenvalue weighted by molar-refractivity contribution is 5.06. The molecule has 1 aliphatic heterocycles. The number of aliphatic hydroxyl groups is 1. The van der Waals surface area contributed by atoms with E-state index in [1.807, 2.05) is 6.92 Å². The molecule has 1 aromatic rings. The lowest BCUT2D eigenvalue weighted by atomic mass is 9.58. The Bertz CT molecular complexity index is 495. The maximum Gasteiger partial charge on any atom is 0.226 e. The van der Waals surface area contributed by atoms with E-state index < -0.39 is 0 Å². The molecule has 1 N–H and O–H groups in total. The maximum atomic E-state index is 10.2. The van der Waals surface area contributed by atoms with Crippen LogP contribution >= 0.6 is 0 Å². The molecule has 0 radical (unpaired) electrons. The van der Waals surface area contributed by atoms with Crippen LogP contribution in [0.5, 0.6) is 0 Å². The van der Waals surface area contributed by atoms with Gasteiger partial charge in [0.25, 0.3) is 0 Å². The van der Waals surface area contributed by atoms with Crippen molar-refractivity contribution in [2.24, 2.45) is 5.41 Å². The van der Waals surface area contributed by atoms with E-state index in [1.54, 1.807) is 0 Å². The van der Waals surface area contributed by atoms with Crippen LogP contribution in [0.1, 0.15) is 57.7 Å². The summed E-state index contributed by atoms with van der Waals surface area (Å²) in [5.41, 5.74) is -0.0178. The fraction of sp³-hybridized carbons (Fsp3) is 0.882. The van der Waals surface area contributed by atoms with Gasteiger partial charge in [0.1, 0.15) is 0 Å². The van der Waals surface area contributed by atoms with Gasteiger partial charge in [-0.25, -0.2) is 0 Å². The summed E-state index contributed by atoms with van der Waals surface area (Å²) >= 11 is 0. The molecule has 0 aromatic carbocycles. The van der Waals surface area contributed by atoms with Crippen LogP contribution in [0.4, 0.5) is 0 Å². The van der Waals surface area contributed by atoms with E-state index in [-0.39, 0.29) is 17.6 Å². The SMILES string of the molecule is CCCCc1nc(CN2CCC3(CC2)C(O)CC3OCC)no1. The van der Waals surface area contributed by atoms with Crippen molar-refractivity contribution in [2.75, 3.05) is 19.7 Å². The van der Waals surface area contributed by atoms with Gasteiger partial charge in [-0.1, -0.05) is 18.5 Å². The minimum atomic E-state index is -0.202. The molecule has 0 bridgehead atoms. The molecule has 3 rings (SSSR count). The van der Waals surface area contributed by atoms with E-state index in [1.165, 1.54) is 0 Å². The highest BCUT2D eigenvalue weighted by Crippen LogP contribution is 2.50. The van der Waals surface area contributed by atoms with Crippen molar-refractivity contribution < 1.29 is 14.4 Å². The quantitative estimate of drug-likeness (QED) is 0.829. The second-order valence-electron chi connectivity index (χ2n) is 6.91. The molecule has 2 aliphatic rings. The molecule has 6 nitrogen and oxygen atoms in total. The van der Waals surface area contributed by atoms with Crippen LogP contribution in [0.2, 0.25) is 0 Å². The van der Waals surface area contributed by atoms with Crippen molar-refractivity contribution in [3.8, 4) is 0 Å². The van der Waals surface area contributed by atoms with Crippen molar-refractivity contribution in [1.82, 2.24) is 15.0 Å². The Labute approximate surface area is 138 Å². The fourth-order valence-electron chi connectivity index (χ4n) is 3.93. The average molecular weight is 323 g/mol. The van der Waals surface area contributed by atoms with Crippen LogP contribution in [0, 0.1) is 5.41 Å². The van der Waals surface area contributed by atoms with Gasteiger partial charge in [-0.05, 0) is 39.3 Å². The largest absolute Gasteiger partial charge is 0.392 e. The monoisotopic (exact) mass is 323 g/mol. The number of aromatic nitrogens is 2. The summed E-state index contributed by atoms with van der Waals surface area (Å²) in [6.45, 7) is 7.57. The average Bonchev–Trinajstić information content (AvgIpc) is 3.01. The first-order valence-corrected chi connectivity index (χ1v) is 9.01. The lowest BCUT2D eigenvalue weighted by Gasteiger charge is -2.56. The van der Waals surface area contributed by atoms with E-state index in [9.17, 15) is 5.11 Å². The third-order valence-electron chi connectivity index (χ3n) is 5.52. The second kappa shape index (κ2) is 7.28. The first-order chi connectivity index (χ1) is 11.2. The first kappa shape index (κ1) is 16.9. The van der Waals surface area contributed by atoms with Gasteiger partial charge in [0, 0.05) is 24.9 Å².